The molecule has 1 aromatic carbocycles. The first-order chi connectivity index (χ1) is 7.70. The largest absolute Gasteiger partial charge is 0.342 e. The summed E-state index contributed by atoms with van der Waals surface area (Å²) in [4.78, 5) is 23.7. The minimum atomic E-state index is -0.0475. The molecule has 0 aliphatic carbocycles. The molecule has 0 aliphatic rings. The molecule has 0 fully saturated rings. The van der Waals surface area contributed by atoms with Crippen molar-refractivity contribution in [1.29, 1.82) is 0 Å². The summed E-state index contributed by atoms with van der Waals surface area (Å²) in [5.74, 6) is -0.0475. The highest BCUT2D eigenvalue weighted by molar-refractivity contribution is 5.98. The smallest absolute Gasteiger partial charge is 0.254 e. The molecule has 1 radical (unpaired) electrons. The van der Waals surface area contributed by atoms with E-state index in [9.17, 15) is 9.59 Å². The molecule has 1 aromatic rings. The number of hydrogen-bond donors (Lipinski definition) is 0. The maximum atomic E-state index is 12.0. The Morgan fingerprint density at radius 3 is 2.75 bits per heavy atom. The van der Waals surface area contributed by atoms with Gasteiger partial charge in [-0.25, -0.2) is 0 Å². The third-order valence-electron chi connectivity index (χ3n) is 2.34. The van der Waals surface area contributed by atoms with Gasteiger partial charge in [-0.3, -0.25) is 9.59 Å². The lowest BCUT2D eigenvalue weighted by Crippen LogP contribution is -2.26. The van der Waals surface area contributed by atoms with Crippen LogP contribution in [0, 0.1) is 0 Å². The molecule has 0 unspecified atom stereocenters. The number of benzene rings is 1. The van der Waals surface area contributed by atoms with Crippen molar-refractivity contribution in [2.24, 2.45) is 0 Å². The Bertz CT molecular complexity index is 410. The molecule has 0 atom stereocenters. The minimum Gasteiger partial charge on any atom is -0.342 e. The third-order valence-corrected chi connectivity index (χ3v) is 2.34. The highest BCUT2D eigenvalue weighted by atomic mass is 16.2. The van der Waals surface area contributed by atoms with Crippen molar-refractivity contribution >= 4 is 18.3 Å². The zero-order valence-corrected chi connectivity index (χ0v) is 9.43. The van der Waals surface area contributed by atoms with Gasteiger partial charge in [0.25, 0.3) is 5.91 Å². The number of carbonyl (C=O) groups excluding carboxylic acids is 2. The number of nitrogens with zero attached hydrogens (tertiary/aromatic N) is 1. The number of amides is 1. The first-order valence-electron chi connectivity index (χ1n) is 5.09. The van der Waals surface area contributed by atoms with E-state index in [0.29, 0.717) is 12.1 Å². The Labute approximate surface area is 95.4 Å². The molecule has 0 saturated heterocycles. The molecule has 0 saturated carbocycles. The van der Waals surface area contributed by atoms with E-state index in [1.165, 1.54) is 6.08 Å². The number of hydrogen-bond acceptors (Lipinski definition) is 2. The van der Waals surface area contributed by atoms with Gasteiger partial charge in [-0.15, -0.1) is 0 Å². The molecule has 0 aliphatic heterocycles. The highest BCUT2D eigenvalue weighted by Crippen LogP contribution is 2.12. The van der Waals surface area contributed by atoms with Crippen LogP contribution >= 0.6 is 0 Å². The summed E-state index contributed by atoms with van der Waals surface area (Å²) in [7, 11) is 1.74. The fourth-order valence-corrected chi connectivity index (χ4v) is 1.31. The van der Waals surface area contributed by atoms with Crippen LogP contribution in [0.3, 0.4) is 0 Å². The quantitative estimate of drug-likeness (QED) is 0.721. The molecule has 0 aromatic heterocycles. The van der Waals surface area contributed by atoms with Crippen LogP contribution in [0.25, 0.3) is 6.08 Å². The van der Waals surface area contributed by atoms with Gasteiger partial charge < -0.3 is 4.90 Å². The highest BCUT2D eigenvalue weighted by Gasteiger charge is 2.12. The van der Waals surface area contributed by atoms with Crippen LogP contribution in [0.1, 0.15) is 22.8 Å². The van der Waals surface area contributed by atoms with E-state index in [4.69, 9.17) is 0 Å². The van der Waals surface area contributed by atoms with Crippen LogP contribution in [0.5, 0.6) is 0 Å². The fraction of sp³-hybridized carbons (Fsp3) is 0.231. The van der Waals surface area contributed by atoms with Gasteiger partial charge in [0.1, 0.15) is 0 Å². The number of rotatable bonds is 4. The maximum Gasteiger partial charge on any atom is 0.254 e. The summed E-state index contributed by atoms with van der Waals surface area (Å²) in [6.07, 6.45) is 4.52. The van der Waals surface area contributed by atoms with Crippen molar-refractivity contribution < 1.29 is 9.59 Å². The van der Waals surface area contributed by atoms with Crippen LogP contribution in [-0.4, -0.2) is 30.7 Å². The molecule has 0 heterocycles. The fourth-order valence-electron chi connectivity index (χ4n) is 1.31. The summed E-state index contributed by atoms with van der Waals surface area (Å²) in [6, 6.07) is 7.18. The molecule has 0 N–H and O–H groups in total. The van der Waals surface area contributed by atoms with Crippen LogP contribution in [0.15, 0.2) is 30.3 Å². The van der Waals surface area contributed by atoms with Crippen molar-refractivity contribution in [2.45, 2.75) is 6.92 Å². The van der Waals surface area contributed by atoms with Crippen LogP contribution in [0.2, 0.25) is 0 Å². The van der Waals surface area contributed by atoms with Gasteiger partial charge in [-0.05, 0) is 24.6 Å². The molecule has 3 nitrogen and oxygen atoms in total. The molecular weight excluding hydrogens is 202 g/mol. The molecule has 1 rings (SSSR count). The second-order valence-electron chi connectivity index (χ2n) is 3.36. The Balaban J connectivity index is 3.07. The van der Waals surface area contributed by atoms with E-state index in [2.05, 4.69) is 0 Å². The van der Waals surface area contributed by atoms with Crippen molar-refractivity contribution in [2.75, 3.05) is 13.6 Å². The van der Waals surface area contributed by atoms with Crippen molar-refractivity contribution in [3.63, 3.8) is 0 Å². The lowest BCUT2D eigenvalue weighted by atomic mass is 10.1. The predicted octanol–water partition coefficient (Wildman–Crippen LogP) is 1.90. The summed E-state index contributed by atoms with van der Waals surface area (Å²) < 4.78 is 0. The molecule has 83 valence electrons. The van der Waals surface area contributed by atoms with Gasteiger partial charge in [0.15, 0.2) is 0 Å². The average molecular weight is 216 g/mol. The van der Waals surface area contributed by atoms with Crippen LogP contribution < -0.4 is 0 Å². The van der Waals surface area contributed by atoms with E-state index in [1.54, 1.807) is 42.5 Å². The molecule has 0 bridgehead atoms. The first-order valence-corrected chi connectivity index (χ1v) is 5.09. The number of allylic oxidation sites excluding steroid dienone is 1. The monoisotopic (exact) mass is 216 g/mol. The van der Waals surface area contributed by atoms with Gasteiger partial charge in [0.2, 0.25) is 6.29 Å². The molecule has 16 heavy (non-hydrogen) atoms. The van der Waals surface area contributed by atoms with Gasteiger partial charge in [0.05, 0.1) is 0 Å². The second kappa shape index (κ2) is 5.85. The van der Waals surface area contributed by atoms with Gasteiger partial charge >= 0.3 is 0 Å². The lowest BCUT2D eigenvalue weighted by molar-refractivity contribution is 0.0802. The normalized spacial score (nSPS) is 10.4. The van der Waals surface area contributed by atoms with E-state index in [0.717, 1.165) is 5.56 Å². The summed E-state index contributed by atoms with van der Waals surface area (Å²) in [5, 5.41) is 0. The Morgan fingerprint density at radius 2 is 2.12 bits per heavy atom. The van der Waals surface area contributed by atoms with Crippen molar-refractivity contribution in [3.8, 4) is 0 Å². The lowest BCUT2D eigenvalue weighted by Gasteiger charge is -2.15. The predicted molar refractivity (Wildman–Crippen MR) is 63.8 cm³/mol. The first kappa shape index (κ1) is 12.2. The average Bonchev–Trinajstić information content (AvgIpc) is 2.34. The van der Waals surface area contributed by atoms with E-state index < -0.39 is 0 Å². The second-order valence-corrected chi connectivity index (χ2v) is 3.36. The molecular formula is C13H14NO2. The van der Waals surface area contributed by atoms with Crippen LogP contribution in [0.4, 0.5) is 0 Å². The summed E-state index contributed by atoms with van der Waals surface area (Å²) in [5.41, 5.74) is 1.33. The Kier molecular flexibility index (Phi) is 4.45. The Hall–Kier alpha value is -1.90. The van der Waals surface area contributed by atoms with E-state index in [-0.39, 0.29) is 5.91 Å². The zero-order chi connectivity index (χ0) is 12.0. The van der Waals surface area contributed by atoms with Gasteiger partial charge in [0, 0.05) is 19.2 Å². The molecule has 1 amide bonds. The van der Waals surface area contributed by atoms with Gasteiger partial charge in [-0.2, -0.15) is 0 Å². The zero-order valence-electron chi connectivity index (χ0n) is 9.43. The Morgan fingerprint density at radius 1 is 1.44 bits per heavy atom. The molecule has 0 spiro atoms. The summed E-state index contributed by atoms with van der Waals surface area (Å²) in [6.45, 7) is 2.56. The molecule has 3 heteroatoms. The minimum absolute atomic E-state index is 0.0475. The van der Waals surface area contributed by atoms with Crippen LogP contribution in [-0.2, 0) is 4.79 Å². The van der Waals surface area contributed by atoms with Crippen molar-refractivity contribution in [3.05, 3.63) is 41.5 Å². The van der Waals surface area contributed by atoms with E-state index in [1.807, 2.05) is 13.0 Å². The maximum absolute atomic E-state index is 12.0. The standard InChI is InChI=1S/C13H14NO2/c1-3-14(2)13(16)12-9-5-4-7-11(12)8-6-10-15/h4-9H,3H2,1-2H3/b8-6+. The SMILES string of the molecule is CCN(C)C(=O)c1ccccc1/C=C/[C]=O. The topological polar surface area (TPSA) is 37.4 Å². The third kappa shape index (κ3) is 2.79. The van der Waals surface area contributed by atoms with E-state index >= 15 is 0 Å². The van der Waals surface area contributed by atoms with Gasteiger partial charge in [-0.1, -0.05) is 24.3 Å². The summed E-state index contributed by atoms with van der Waals surface area (Å²) >= 11 is 0. The number of carbonyl (C=O) groups is 1. The van der Waals surface area contributed by atoms with Crippen molar-refractivity contribution in [1.82, 2.24) is 4.90 Å².